The summed E-state index contributed by atoms with van der Waals surface area (Å²) in [5.41, 5.74) is 3.70. The molecular formula is C45H56F2N6O5Si. The first-order valence-electron chi connectivity index (χ1n) is 22.0. The van der Waals surface area contributed by atoms with Crippen molar-refractivity contribution in [3.05, 3.63) is 47.7 Å². The van der Waals surface area contributed by atoms with Crippen molar-refractivity contribution in [1.29, 1.82) is 0 Å². The van der Waals surface area contributed by atoms with Gasteiger partial charge < -0.3 is 24.2 Å². The average Bonchev–Trinajstić information content (AvgIpc) is 3.90. The summed E-state index contributed by atoms with van der Waals surface area (Å²) in [7, 11) is -0.847. The van der Waals surface area contributed by atoms with Crippen LogP contribution < -0.4 is 14.4 Å². The molecule has 4 aliphatic heterocycles. The highest BCUT2D eigenvalue weighted by atomic mass is 28.3. The molecular weight excluding hydrogens is 771 g/mol. The van der Waals surface area contributed by atoms with Crippen molar-refractivity contribution in [2.24, 2.45) is 0 Å². The number of aromatic nitrogens is 3. The lowest BCUT2D eigenvalue weighted by Crippen LogP contribution is -2.55. The third-order valence-electron chi connectivity index (χ3n) is 13.5. The summed E-state index contributed by atoms with van der Waals surface area (Å²) in [5, 5.41) is 11.2. The zero-order valence-electron chi connectivity index (χ0n) is 37.1. The topological polar surface area (TPSA) is 113 Å². The Kier molecular flexibility index (Phi) is 10.5. The highest BCUT2D eigenvalue weighted by Gasteiger charge is 2.46. The van der Waals surface area contributed by atoms with E-state index in [2.05, 4.69) is 62.9 Å². The lowest BCUT2D eigenvalue weighted by atomic mass is 9.95. The van der Waals surface area contributed by atoms with Crippen LogP contribution in [0.3, 0.4) is 0 Å². The van der Waals surface area contributed by atoms with Crippen LogP contribution in [-0.4, -0.2) is 108 Å². The van der Waals surface area contributed by atoms with E-state index in [0.29, 0.717) is 55.3 Å². The number of benzene rings is 2. The van der Waals surface area contributed by atoms with Crippen molar-refractivity contribution >= 4 is 41.7 Å². The van der Waals surface area contributed by atoms with E-state index in [4.69, 9.17) is 24.2 Å². The van der Waals surface area contributed by atoms with Crippen molar-refractivity contribution < 1.29 is 35.6 Å². The van der Waals surface area contributed by atoms with Gasteiger partial charge in [-0.15, -0.1) is 5.54 Å². The summed E-state index contributed by atoms with van der Waals surface area (Å²) >= 11 is 0. The molecule has 14 heteroatoms. The molecule has 59 heavy (non-hydrogen) atoms. The normalized spacial score (nSPS) is 21.0. The van der Waals surface area contributed by atoms with E-state index in [1.165, 1.54) is 24.3 Å². The van der Waals surface area contributed by atoms with Gasteiger partial charge in [-0.1, -0.05) is 53.5 Å². The Morgan fingerprint density at radius 3 is 2.32 bits per heavy atom. The first-order valence-corrected chi connectivity index (χ1v) is 23.2. The maximum atomic E-state index is 17.8. The Hall–Kier alpha value is -4.58. The van der Waals surface area contributed by atoms with E-state index in [1.54, 1.807) is 18.2 Å². The molecule has 314 valence electrons. The molecule has 6 heterocycles. The molecule has 11 nitrogen and oxygen atoms in total. The number of amides is 1. The summed E-state index contributed by atoms with van der Waals surface area (Å²) in [6.45, 7) is 12.9. The molecule has 2 atom stereocenters. The molecule has 2 unspecified atom stereocenters. The van der Waals surface area contributed by atoms with E-state index in [1.807, 2.05) is 4.90 Å². The van der Waals surface area contributed by atoms with E-state index < -0.39 is 37.9 Å². The molecule has 4 aromatic rings. The number of carbonyl (C=O) groups is 1. The van der Waals surface area contributed by atoms with Crippen LogP contribution in [0.15, 0.2) is 30.5 Å². The van der Waals surface area contributed by atoms with Gasteiger partial charge in [0.1, 0.15) is 43.2 Å². The van der Waals surface area contributed by atoms with Crippen molar-refractivity contribution in [1.82, 2.24) is 24.8 Å². The van der Waals surface area contributed by atoms with E-state index >= 15 is 8.78 Å². The SMILES string of the molecule is [2H]C([2H])(Oc1nc(N2CC3CCC(C2)N3C(=O)O)c2cnc(-c3cc(OCOC)cc4ccc(F)c(C#C[Si](C(C)C)(C(C)C)C(C)C)c34)c(F)c2n1)C12CCCN1CCC2. The van der Waals surface area contributed by atoms with Crippen molar-refractivity contribution in [3.63, 3.8) is 0 Å². The second kappa shape index (κ2) is 16.1. The Bertz CT molecular complexity index is 2380. The first-order chi connectivity index (χ1) is 29.0. The number of fused-ring (bicyclic) bond motifs is 5. The van der Waals surface area contributed by atoms with Gasteiger partial charge in [-0.05, 0) is 91.8 Å². The van der Waals surface area contributed by atoms with E-state index in [-0.39, 0.29) is 75.1 Å². The zero-order chi connectivity index (χ0) is 43.6. The van der Waals surface area contributed by atoms with Crippen molar-refractivity contribution in [3.8, 4) is 34.5 Å². The van der Waals surface area contributed by atoms with Gasteiger partial charge in [0, 0.05) is 37.3 Å². The fourth-order valence-corrected chi connectivity index (χ4v) is 16.0. The number of nitrogens with zero attached hydrogens (tertiary/aromatic N) is 6. The Labute approximate surface area is 349 Å². The summed E-state index contributed by atoms with van der Waals surface area (Å²) < 4.78 is 70.0. The Balaban J connectivity index is 1.34. The second-order valence-corrected chi connectivity index (χ2v) is 23.2. The third-order valence-corrected chi connectivity index (χ3v) is 19.8. The average molecular weight is 829 g/mol. The first kappa shape index (κ1) is 38.6. The lowest BCUT2D eigenvalue weighted by molar-refractivity contribution is 0.0512. The molecule has 0 aliphatic carbocycles. The van der Waals surface area contributed by atoms with Crippen LogP contribution >= 0.6 is 0 Å². The quantitative estimate of drug-likeness (QED) is 0.0893. The van der Waals surface area contributed by atoms with E-state index in [9.17, 15) is 12.6 Å². The number of carboxylic acid groups (broad SMARTS) is 1. The van der Waals surface area contributed by atoms with Crippen molar-refractivity contribution in [2.75, 3.05) is 51.5 Å². The number of pyridine rings is 1. The van der Waals surface area contributed by atoms with Gasteiger partial charge in [0.05, 0.1) is 31.3 Å². The standard InChI is InChI=1S/C45H56F2N6O5Si/c1-27(2)59(28(3)4,29(5)6)19-14-34-37(46)13-10-30-20-33(58-26-56-7)21-35(38(30)34)40-39(47)41-36(22-48-40)42(51-23-31-11-12-32(24-51)53(31)44(54)55)50-43(49-41)57-25-45-15-8-17-52(45)18-9-16-45/h10,13,20-22,27-29,31-32H,8-9,11-12,15-18,23-26H2,1-7H3,(H,54,55)/i25D2. The van der Waals surface area contributed by atoms with Gasteiger partial charge in [0.2, 0.25) is 0 Å². The number of piperazine rings is 1. The van der Waals surface area contributed by atoms with Crippen LogP contribution in [0.1, 0.15) is 88.4 Å². The minimum Gasteiger partial charge on any atom is -0.468 e. The van der Waals surface area contributed by atoms with Crippen LogP contribution in [0.4, 0.5) is 19.4 Å². The van der Waals surface area contributed by atoms with Crippen LogP contribution in [0.5, 0.6) is 11.8 Å². The molecule has 0 spiro atoms. The molecule has 0 radical (unpaired) electrons. The minimum atomic E-state index is -2.34. The largest absolute Gasteiger partial charge is 0.468 e. The van der Waals surface area contributed by atoms with Gasteiger partial charge in [-0.2, -0.15) is 9.97 Å². The number of hydrogen-bond acceptors (Lipinski definition) is 9. The van der Waals surface area contributed by atoms with Gasteiger partial charge in [-0.3, -0.25) is 14.8 Å². The second-order valence-electron chi connectivity index (χ2n) is 17.6. The van der Waals surface area contributed by atoms with Crippen LogP contribution in [0.2, 0.25) is 16.6 Å². The van der Waals surface area contributed by atoms with Crippen LogP contribution in [-0.2, 0) is 4.74 Å². The fraction of sp³-hybridized carbons (Fsp3) is 0.556. The monoisotopic (exact) mass is 828 g/mol. The summed E-state index contributed by atoms with van der Waals surface area (Å²) in [6, 6.07) is 5.39. The molecule has 1 amide bonds. The molecule has 2 bridgehead atoms. The summed E-state index contributed by atoms with van der Waals surface area (Å²) in [6.07, 6.45) is 4.71. The molecule has 4 fully saturated rings. The van der Waals surface area contributed by atoms with Crippen LogP contribution in [0.25, 0.3) is 32.9 Å². The minimum absolute atomic E-state index is 0.0902. The number of rotatable bonds is 11. The van der Waals surface area contributed by atoms with Gasteiger partial charge in [-0.25, -0.2) is 13.6 Å². The molecule has 4 aliphatic rings. The lowest BCUT2D eigenvalue weighted by Gasteiger charge is -2.40. The van der Waals surface area contributed by atoms with Gasteiger partial charge >= 0.3 is 12.1 Å². The Morgan fingerprint density at radius 1 is 1.02 bits per heavy atom. The maximum Gasteiger partial charge on any atom is 0.407 e. The molecule has 1 N–H and O–H groups in total. The van der Waals surface area contributed by atoms with Gasteiger partial charge in [0.15, 0.2) is 12.6 Å². The number of methoxy groups -OCH3 is 1. The smallest absolute Gasteiger partial charge is 0.407 e. The number of ether oxygens (including phenoxy) is 3. The maximum absolute atomic E-state index is 17.8. The number of anilines is 1. The third kappa shape index (κ3) is 7.16. The zero-order valence-corrected chi connectivity index (χ0v) is 36.1. The predicted octanol–water partition coefficient (Wildman–Crippen LogP) is 9.01. The molecule has 2 aromatic heterocycles. The highest BCUT2D eigenvalue weighted by Crippen LogP contribution is 2.44. The predicted molar refractivity (Wildman–Crippen MR) is 228 cm³/mol. The molecule has 2 aromatic carbocycles. The Morgan fingerprint density at radius 2 is 1.69 bits per heavy atom. The highest BCUT2D eigenvalue weighted by molar-refractivity contribution is 6.90. The fourth-order valence-electron chi connectivity index (χ4n) is 10.8. The van der Waals surface area contributed by atoms with Crippen LogP contribution in [0, 0.1) is 23.1 Å². The number of halogens is 2. The number of hydrogen-bond donors (Lipinski definition) is 1. The van der Waals surface area contributed by atoms with Crippen molar-refractivity contribution in [2.45, 2.75) is 114 Å². The summed E-state index contributed by atoms with van der Waals surface area (Å²) in [5.74, 6) is 2.54. The molecule has 8 rings (SSSR count). The molecule has 0 saturated carbocycles. The molecule has 4 saturated heterocycles. The summed E-state index contributed by atoms with van der Waals surface area (Å²) in [4.78, 5) is 31.9. The van der Waals surface area contributed by atoms with E-state index in [0.717, 1.165) is 25.9 Å². The van der Waals surface area contributed by atoms with Gasteiger partial charge in [0.25, 0.3) is 0 Å².